The number of unbranched alkanes of at least 4 members (excludes halogenated alkanes) is 1. The molecule has 0 amide bonds. The first-order chi connectivity index (χ1) is 14.0. The molecule has 0 radical (unpaired) electrons. The maximum Gasteiger partial charge on any atom is 0.303 e. The molecule has 1 fully saturated rings. The molecule has 0 saturated heterocycles. The van der Waals surface area contributed by atoms with Gasteiger partial charge in [-0.2, -0.15) is 0 Å². The first-order valence-electron chi connectivity index (χ1n) is 9.74. The number of thiophene rings is 1. The van der Waals surface area contributed by atoms with Gasteiger partial charge < -0.3 is 10.2 Å². The van der Waals surface area contributed by atoms with E-state index < -0.39 is 12.1 Å². The SMILES string of the molecule is O=C(O)CCC/C=C\C[C@H]1C(=O)C[C@@H](O)[C@@H]1/C=C/C(=O)c1cc2ccccc2s1. The number of carbonyl (C=O) groups excluding carboxylic acids is 2. The van der Waals surface area contributed by atoms with E-state index in [0.29, 0.717) is 24.1 Å². The highest BCUT2D eigenvalue weighted by Gasteiger charge is 2.39. The van der Waals surface area contributed by atoms with Crippen molar-refractivity contribution < 1.29 is 24.6 Å². The van der Waals surface area contributed by atoms with Crippen LogP contribution in [0.1, 0.15) is 41.8 Å². The van der Waals surface area contributed by atoms with Crippen molar-refractivity contribution in [2.45, 2.75) is 38.2 Å². The molecule has 1 aromatic carbocycles. The summed E-state index contributed by atoms with van der Waals surface area (Å²) in [5, 5.41) is 19.9. The Morgan fingerprint density at radius 2 is 2.00 bits per heavy atom. The van der Waals surface area contributed by atoms with Crippen molar-refractivity contribution in [3.63, 3.8) is 0 Å². The fourth-order valence-electron chi connectivity index (χ4n) is 3.64. The lowest BCUT2D eigenvalue weighted by Gasteiger charge is -2.15. The molecular weight excluding hydrogens is 388 g/mol. The second-order valence-electron chi connectivity index (χ2n) is 7.29. The molecule has 3 rings (SSSR count). The van der Waals surface area contributed by atoms with Gasteiger partial charge >= 0.3 is 5.97 Å². The highest BCUT2D eigenvalue weighted by molar-refractivity contribution is 7.21. The van der Waals surface area contributed by atoms with Crippen LogP contribution in [0, 0.1) is 11.8 Å². The van der Waals surface area contributed by atoms with Crippen molar-refractivity contribution in [1.82, 2.24) is 0 Å². The molecular formula is C23H24O5S. The molecule has 1 heterocycles. The maximum absolute atomic E-state index is 12.5. The zero-order valence-corrected chi connectivity index (χ0v) is 16.8. The maximum atomic E-state index is 12.5. The van der Waals surface area contributed by atoms with Gasteiger partial charge in [0.25, 0.3) is 0 Å². The van der Waals surface area contributed by atoms with E-state index in [-0.39, 0.29) is 36.2 Å². The predicted octanol–water partition coefficient (Wildman–Crippen LogP) is 4.41. The lowest BCUT2D eigenvalue weighted by atomic mass is 9.90. The summed E-state index contributed by atoms with van der Waals surface area (Å²) in [6.07, 6.45) is 8.02. The third kappa shape index (κ3) is 5.49. The van der Waals surface area contributed by atoms with Crippen LogP contribution in [0.4, 0.5) is 0 Å². The number of carboxylic acids is 1. The van der Waals surface area contributed by atoms with Crippen LogP contribution in [0.2, 0.25) is 0 Å². The summed E-state index contributed by atoms with van der Waals surface area (Å²) in [6.45, 7) is 0. The minimum Gasteiger partial charge on any atom is -0.481 e. The largest absolute Gasteiger partial charge is 0.481 e. The Labute approximate surface area is 173 Å². The van der Waals surface area contributed by atoms with Gasteiger partial charge in [-0.25, -0.2) is 0 Å². The summed E-state index contributed by atoms with van der Waals surface area (Å²) < 4.78 is 1.05. The second kappa shape index (κ2) is 9.76. The number of rotatable bonds is 9. The van der Waals surface area contributed by atoms with Gasteiger partial charge in [-0.05, 0) is 42.9 Å². The highest BCUT2D eigenvalue weighted by Crippen LogP contribution is 2.34. The van der Waals surface area contributed by atoms with Crippen molar-refractivity contribution in [2.24, 2.45) is 11.8 Å². The Kier molecular flexibility index (Phi) is 7.12. The normalized spacial score (nSPS) is 22.2. The van der Waals surface area contributed by atoms with E-state index in [2.05, 4.69) is 0 Å². The summed E-state index contributed by atoms with van der Waals surface area (Å²) in [6, 6.07) is 9.66. The third-order valence-electron chi connectivity index (χ3n) is 5.19. The number of aliphatic hydroxyl groups is 1. The van der Waals surface area contributed by atoms with Crippen molar-refractivity contribution in [3.05, 3.63) is 59.5 Å². The number of carbonyl (C=O) groups is 3. The molecule has 1 saturated carbocycles. The van der Waals surface area contributed by atoms with Crippen molar-refractivity contribution in [1.29, 1.82) is 0 Å². The Bertz CT molecular complexity index is 922. The van der Waals surface area contributed by atoms with E-state index >= 15 is 0 Å². The van der Waals surface area contributed by atoms with E-state index in [9.17, 15) is 19.5 Å². The van der Waals surface area contributed by atoms with E-state index in [1.807, 2.05) is 42.5 Å². The minimum atomic E-state index is -0.819. The first-order valence-corrected chi connectivity index (χ1v) is 10.6. The fraction of sp³-hybridized carbons (Fsp3) is 0.348. The van der Waals surface area contributed by atoms with Gasteiger partial charge in [0.15, 0.2) is 5.78 Å². The lowest BCUT2D eigenvalue weighted by Crippen LogP contribution is -2.18. The Morgan fingerprint density at radius 1 is 1.21 bits per heavy atom. The molecule has 0 aliphatic heterocycles. The molecule has 2 N–H and O–H groups in total. The van der Waals surface area contributed by atoms with Gasteiger partial charge in [-0.1, -0.05) is 36.4 Å². The van der Waals surface area contributed by atoms with Crippen molar-refractivity contribution >= 4 is 39.0 Å². The van der Waals surface area contributed by atoms with Crippen LogP contribution in [0.5, 0.6) is 0 Å². The number of allylic oxidation sites excluding steroid dienone is 3. The van der Waals surface area contributed by atoms with Crippen LogP contribution >= 0.6 is 11.3 Å². The zero-order chi connectivity index (χ0) is 20.8. The van der Waals surface area contributed by atoms with Crippen LogP contribution in [0.15, 0.2) is 54.6 Å². The third-order valence-corrected chi connectivity index (χ3v) is 6.32. The molecule has 0 unspecified atom stereocenters. The lowest BCUT2D eigenvalue weighted by molar-refractivity contribution is -0.137. The Hall–Kier alpha value is -2.57. The summed E-state index contributed by atoms with van der Waals surface area (Å²) in [5.41, 5.74) is 0. The Balaban J connectivity index is 1.62. The average molecular weight is 413 g/mol. The fourth-order valence-corrected chi connectivity index (χ4v) is 4.63. The zero-order valence-electron chi connectivity index (χ0n) is 16.0. The summed E-state index contributed by atoms with van der Waals surface area (Å²) >= 11 is 1.43. The molecule has 5 nitrogen and oxygen atoms in total. The molecule has 0 bridgehead atoms. The van der Waals surface area contributed by atoms with Gasteiger partial charge in [-0.15, -0.1) is 11.3 Å². The molecule has 1 aliphatic rings. The number of aliphatic carboxylic acids is 1. The summed E-state index contributed by atoms with van der Waals surface area (Å²) in [7, 11) is 0. The number of aliphatic hydroxyl groups excluding tert-OH is 1. The van der Waals surface area contributed by atoms with Gasteiger partial charge in [0.1, 0.15) is 5.78 Å². The summed E-state index contributed by atoms with van der Waals surface area (Å²) in [5.74, 6) is -1.69. The van der Waals surface area contributed by atoms with Crippen LogP contribution in [0.3, 0.4) is 0 Å². The molecule has 1 aliphatic carbocycles. The van der Waals surface area contributed by atoms with Gasteiger partial charge in [0.2, 0.25) is 0 Å². The Morgan fingerprint density at radius 3 is 2.76 bits per heavy atom. The topological polar surface area (TPSA) is 91.7 Å². The van der Waals surface area contributed by atoms with E-state index in [1.165, 1.54) is 17.4 Å². The van der Waals surface area contributed by atoms with Gasteiger partial charge in [-0.3, -0.25) is 14.4 Å². The van der Waals surface area contributed by atoms with Crippen LogP contribution in [-0.4, -0.2) is 33.9 Å². The minimum absolute atomic E-state index is 0.00310. The van der Waals surface area contributed by atoms with Gasteiger partial charge in [0.05, 0.1) is 11.0 Å². The smallest absolute Gasteiger partial charge is 0.303 e. The summed E-state index contributed by atoms with van der Waals surface area (Å²) in [4.78, 5) is 35.9. The molecule has 0 spiro atoms. The first kappa shape index (κ1) is 21.1. The molecule has 3 atom stereocenters. The number of benzene rings is 1. The van der Waals surface area contributed by atoms with Crippen molar-refractivity contribution in [2.75, 3.05) is 0 Å². The number of carboxylic acid groups (broad SMARTS) is 1. The molecule has 152 valence electrons. The van der Waals surface area contributed by atoms with Crippen LogP contribution < -0.4 is 0 Å². The number of Topliss-reactive ketones (excluding diaryl/α,β-unsaturated/α-hetero) is 1. The van der Waals surface area contributed by atoms with Crippen molar-refractivity contribution in [3.8, 4) is 0 Å². The number of ketones is 2. The van der Waals surface area contributed by atoms with E-state index in [0.717, 1.165) is 10.1 Å². The molecule has 1 aromatic heterocycles. The molecule has 29 heavy (non-hydrogen) atoms. The standard InChI is InChI=1S/C23H24O5S/c24-18(22-13-15-7-5-6-9-21(15)29-22)12-11-17-16(19(25)14-20(17)26)8-3-1-2-4-10-23(27)28/h1,3,5-7,9,11-13,16-17,20,26H,2,4,8,10,14H2,(H,27,28)/b3-1-,12-11+/t16-,17-,20-/m1/s1. The van der Waals surface area contributed by atoms with Gasteiger partial charge in [0, 0.05) is 29.4 Å². The number of hydrogen-bond donors (Lipinski definition) is 2. The van der Waals surface area contributed by atoms with E-state index in [4.69, 9.17) is 5.11 Å². The average Bonchev–Trinajstić information content (AvgIpc) is 3.23. The monoisotopic (exact) mass is 412 g/mol. The number of hydrogen-bond acceptors (Lipinski definition) is 5. The van der Waals surface area contributed by atoms with Crippen LogP contribution in [-0.2, 0) is 9.59 Å². The highest BCUT2D eigenvalue weighted by atomic mass is 32.1. The molecule has 6 heteroatoms. The van der Waals surface area contributed by atoms with E-state index in [1.54, 1.807) is 6.08 Å². The number of fused-ring (bicyclic) bond motifs is 1. The van der Waals surface area contributed by atoms with Crippen LogP contribution in [0.25, 0.3) is 10.1 Å². The molecule has 2 aromatic rings. The predicted molar refractivity (Wildman–Crippen MR) is 113 cm³/mol. The quantitative estimate of drug-likeness (QED) is 0.276. The second-order valence-corrected chi connectivity index (χ2v) is 8.37.